The molecule has 1 saturated heterocycles. The fourth-order valence-corrected chi connectivity index (χ4v) is 3.55. The first-order valence-corrected chi connectivity index (χ1v) is 10.3. The molecule has 0 radical (unpaired) electrons. The minimum atomic E-state index is -0.599. The molecule has 6 nitrogen and oxygen atoms in total. The standard InChI is InChI=1S/C21H32ClN3O3/c1-13(2)19(24-20(26)17-6-8-18(22)9-7-17)21(27)23-10-14(3)25-11-15(4)28-16(5)12-25/h6-9,13-16,19H,10-12H2,1-5H3,(H,23,27)(H,24,26). The Bertz CT molecular complexity index is 655. The predicted molar refractivity (Wildman–Crippen MR) is 112 cm³/mol. The number of carbonyl (C=O) groups excluding carboxylic acids is 2. The van der Waals surface area contributed by atoms with Gasteiger partial charge in [-0.3, -0.25) is 14.5 Å². The summed E-state index contributed by atoms with van der Waals surface area (Å²) in [5.74, 6) is -0.483. The first kappa shape index (κ1) is 22.7. The number of ether oxygens (including phenoxy) is 1. The average Bonchev–Trinajstić information content (AvgIpc) is 2.63. The quantitative estimate of drug-likeness (QED) is 0.726. The summed E-state index contributed by atoms with van der Waals surface area (Å²) >= 11 is 5.87. The van der Waals surface area contributed by atoms with Crippen LogP contribution < -0.4 is 10.6 Å². The van der Waals surface area contributed by atoms with Gasteiger partial charge in [0.25, 0.3) is 5.91 Å². The molecule has 0 spiro atoms. The Kier molecular flexibility index (Phi) is 8.28. The number of hydrogen-bond acceptors (Lipinski definition) is 4. The van der Waals surface area contributed by atoms with Gasteiger partial charge in [0.15, 0.2) is 0 Å². The number of nitrogens with one attached hydrogen (secondary N) is 2. The lowest BCUT2D eigenvalue weighted by molar-refractivity contribution is -0.124. The van der Waals surface area contributed by atoms with Gasteiger partial charge in [-0.2, -0.15) is 0 Å². The molecule has 1 aliphatic heterocycles. The van der Waals surface area contributed by atoms with Gasteiger partial charge in [-0.25, -0.2) is 0 Å². The summed E-state index contributed by atoms with van der Waals surface area (Å²) in [4.78, 5) is 27.5. The number of nitrogens with zero attached hydrogens (tertiary/aromatic N) is 1. The van der Waals surface area contributed by atoms with E-state index in [0.29, 0.717) is 17.1 Å². The molecule has 1 aromatic carbocycles. The van der Waals surface area contributed by atoms with Crippen molar-refractivity contribution in [1.82, 2.24) is 15.5 Å². The molecule has 1 heterocycles. The molecule has 156 valence electrons. The number of morpholine rings is 1. The molecule has 7 heteroatoms. The molecular formula is C21H32ClN3O3. The maximum atomic E-state index is 12.7. The number of benzene rings is 1. The van der Waals surface area contributed by atoms with Crippen LogP contribution in [-0.4, -0.2) is 60.6 Å². The lowest BCUT2D eigenvalue weighted by atomic mass is 10.0. The van der Waals surface area contributed by atoms with Crippen LogP contribution in [0.5, 0.6) is 0 Å². The second kappa shape index (κ2) is 10.2. The molecule has 0 bridgehead atoms. The van der Waals surface area contributed by atoms with Crippen LogP contribution in [0.1, 0.15) is 45.0 Å². The van der Waals surface area contributed by atoms with E-state index >= 15 is 0 Å². The van der Waals surface area contributed by atoms with Crippen molar-refractivity contribution in [3.8, 4) is 0 Å². The average molecular weight is 410 g/mol. The highest BCUT2D eigenvalue weighted by molar-refractivity contribution is 6.30. The summed E-state index contributed by atoms with van der Waals surface area (Å²) in [5, 5.41) is 6.41. The summed E-state index contributed by atoms with van der Waals surface area (Å²) in [6, 6.07) is 6.21. The molecular weight excluding hydrogens is 378 g/mol. The number of carbonyl (C=O) groups is 2. The van der Waals surface area contributed by atoms with Crippen LogP contribution in [0.25, 0.3) is 0 Å². The van der Waals surface area contributed by atoms with Crippen molar-refractivity contribution in [3.63, 3.8) is 0 Å². The van der Waals surface area contributed by atoms with Gasteiger partial charge in [0.1, 0.15) is 6.04 Å². The van der Waals surface area contributed by atoms with Gasteiger partial charge in [-0.15, -0.1) is 0 Å². The number of halogens is 1. The van der Waals surface area contributed by atoms with Crippen molar-refractivity contribution >= 4 is 23.4 Å². The molecule has 28 heavy (non-hydrogen) atoms. The molecule has 1 fully saturated rings. The zero-order valence-electron chi connectivity index (χ0n) is 17.4. The molecule has 0 saturated carbocycles. The van der Waals surface area contributed by atoms with Crippen molar-refractivity contribution < 1.29 is 14.3 Å². The highest BCUT2D eigenvalue weighted by Gasteiger charge is 2.28. The van der Waals surface area contributed by atoms with E-state index in [4.69, 9.17) is 16.3 Å². The minimum absolute atomic E-state index is 0.0324. The largest absolute Gasteiger partial charge is 0.373 e. The van der Waals surface area contributed by atoms with Gasteiger partial charge < -0.3 is 15.4 Å². The van der Waals surface area contributed by atoms with Gasteiger partial charge >= 0.3 is 0 Å². The Morgan fingerprint density at radius 1 is 1.14 bits per heavy atom. The van der Waals surface area contributed by atoms with Crippen LogP contribution in [-0.2, 0) is 9.53 Å². The van der Waals surface area contributed by atoms with Crippen molar-refractivity contribution in [2.24, 2.45) is 5.92 Å². The molecule has 0 aliphatic carbocycles. The van der Waals surface area contributed by atoms with Crippen LogP contribution in [0.4, 0.5) is 0 Å². The first-order valence-electron chi connectivity index (χ1n) is 9.91. The van der Waals surface area contributed by atoms with Crippen LogP contribution >= 0.6 is 11.6 Å². The van der Waals surface area contributed by atoms with Crippen molar-refractivity contribution in [2.45, 2.75) is 58.9 Å². The van der Waals surface area contributed by atoms with E-state index in [-0.39, 0.29) is 36.0 Å². The molecule has 1 aliphatic rings. The van der Waals surface area contributed by atoms with Crippen molar-refractivity contribution in [1.29, 1.82) is 0 Å². The Labute approximate surface area is 172 Å². The monoisotopic (exact) mass is 409 g/mol. The Morgan fingerprint density at radius 3 is 2.25 bits per heavy atom. The van der Waals surface area contributed by atoms with E-state index < -0.39 is 6.04 Å². The summed E-state index contributed by atoms with van der Waals surface area (Å²) < 4.78 is 5.77. The predicted octanol–water partition coefficient (Wildman–Crippen LogP) is 2.71. The molecule has 4 unspecified atom stereocenters. The molecule has 1 aromatic rings. The van der Waals surface area contributed by atoms with Crippen LogP contribution in [0.2, 0.25) is 5.02 Å². The third kappa shape index (κ3) is 6.47. The summed E-state index contributed by atoms with van der Waals surface area (Å²) in [5.41, 5.74) is 0.479. The molecule has 2 N–H and O–H groups in total. The summed E-state index contributed by atoms with van der Waals surface area (Å²) in [7, 11) is 0. The van der Waals surface area contributed by atoms with Crippen LogP contribution in [0, 0.1) is 5.92 Å². The molecule has 2 rings (SSSR count). The maximum Gasteiger partial charge on any atom is 0.251 e. The Morgan fingerprint density at radius 2 is 1.71 bits per heavy atom. The normalized spacial score (nSPS) is 22.5. The second-order valence-electron chi connectivity index (χ2n) is 8.01. The fourth-order valence-electron chi connectivity index (χ4n) is 3.43. The summed E-state index contributed by atoms with van der Waals surface area (Å²) in [6.45, 7) is 12.3. The maximum absolute atomic E-state index is 12.7. The number of hydrogen-bond donors (Lipinski definition) is 2. The Balaban J connectivity index is 1.91. The third-order valence-corrected chi connectivity index (χ3v) is 5.24. The van der Waals surface area contributed by atoms with Crippen molar-refractivity contribution in [2.75, 3.05) is 19.6 Å². The highest BCUT2D eigenvalue weighted by Crippen LogP contribution is 2.14. The van der Waals surface area contributed by atoms with Gasteiger partial charge in [0.05, 0.1) is 12.2 Å². The van der Waals surface area contributed by atoms with E-state index in [1.54, 1.807) is 24.3 Å². The zero-order valence-corrected chi connectivity index (χ0v) is 18.1. The van der Waals surface area contributed by atoms with E-state index in [0.717, 1.165) is 13.1 Å². The summed E-state index contributed by atoms with van der Waals surface area (Å²) in [6.07, 6.45) is 0.368. The number of rotatable bonds is 7. The molecule has 4 atom stereocenters. The van der Waals surface area contributed by atoms with E-state index in [2.05, 4.69) is 36.3 Å². The third-order valence-electron chi connectivity index (χ3n) is 4.99. The van der Waals surface area contributed by atoms with Crippen LogP contribution in [0.3, 0.4) is 0 Å². The van der Waals surface area contributed by atoms with Gasteiger partial charge in [0.2, 0.25) is 5.91 Å². The van der Waals surface area contributed by atoms with E-state index in [9.17, 15) is 9.59 Å². The molecule has 2 amide bonds. The lowest BCUT2D eigenvalue weighted by Gasteiger charge is -2.39. The van der Waals surface area contributed by atoms with E-state index in [1.165, 1.54) is 0 Å². The van der Waals surface area contributed by atoms with Gasteiger partial charge in [-0.1, -0.05) is 25.4 Å². The minimum Gasteiger partial charge on any atom is -0.373 e. The Hall–Kier alpha value is -1.63. The van der Waals surface area contributed by atoms with Crippen molar-refractivity contribution in [3.05, 3.63) is 34.9 Å². The second-order valence-corrected chi connectivity index (χ2v) is 8.44. The topological polar surface area (TPSA) is 70.7 Å². The fraction of sp³-hybridized carbons (Fsp3) is 0.619. The molecule has 0 aromatic heterocycles. The van der Waals surface area contributed by atoms with E-state index in [1.807, 2.05) is 13.8 Å². The highest BCUT2D eigenvalue weighted by atomic mass is 35.5. The SMILES string of the molecule is CC1CN(C(C)CNC(=O)C(NC(=O)c2ccc(Cl)cc2)C(C)C)CC(C)O1. The smallest absolute Gasteiger partial charge is 0.251 e. The van der Waals surface area contributed by atoms with Gasteiger partial charge in [-0.05, 0) is 51.0 Å². The lowest BCUT2D eigenvalue weighted by Crippen LogP contribution is -2.55. The van der Waals surface area contributed by atoms with Gasteiger partial charge in [0, 0.05) is 36.3 Å². The first-order chi connectivity index (χ1) is 13.2. The zero-order chi connectivity index (χ0) is 20.8. The number of amides is 2. The van der Waals surface area contributed by atoms with Crippen LogP contribution in [0.15, 0.2) is 24.3 Å².